The molecule has 94 valence electrons. The van der Waals surface area contributed by atoms with Gasteiger partial charge in [-0.05, 0) is 62.8 Å². The Kier molecular flexibility index (Phi) is 4.06. The summed E-state index contributed by atoms with van der Waals surface area (Å²) in [4.78, 5) is 0. The Morgan fingerprint density at radius 1 is 1.29 bits per heavy atom. The van der Waals surface area contributed by atoms with Crippen molar-refractivity contribution in [1.82, 2.24) is 5.32 Å². The van der Waals surface area contributed by atoms with Gasteiger partial charge in [0.2, 0.25) is 0 Å². The number of ether oxygens (including phenoxy) is 1. The van der Waals surface area contributed by atoms with Gasteiger partial charge in [0.1, 0.15) is 5.75 Å². The van der Waals surface area contributed by atoms with Gasteiger partial charge in [-0.25, -0.2) is 0 Å². The third kappa shape index (κ3) is 3.22. The maximum atomic E-state index is 5.53. The van der Waals surface area contributed by atoms with Gasteiger partial charge in [-0.2, -0.15) is 0 Å². The molecule has 1 fully saturated rings. The molecule has 0 saturated heterocycles. The summed E-state index contributed by atoms with van der Waals surface area (Å²) in [7, 11) is 1.77. The molecule has 0 aliphatic heterocycles. The fourth-order valence-electron chi connectivity index (χ4n) is 2.20. The van der Waals surface area contributed by atoms with Crippen LogP contribution >= 0.6 is 0 Å². The lowest BCUT2D eigenvalue weighted by atomic mass is 10.0. The van der Waals surface area contributed by atoms with Crippen molar-refractivity contribution in [2.75, 3.05) is 13.7 Å². The van der Waals surface area contributed by atoms with Crippen LogP contribution in [0.1, 0.15) is 36.0 Å². The molecule has 0 aromatic heterocycles. The first-order chi connectivity index (χ1) is 8.22. The van der Waals surface area contributed by atoms with E-state index in [2.05, 4.69) is 31.3 Å². The largest absolute Gasteiger partial charge is 0.496 e. The minimum Gasteiger partial charge on any atom is -0.496 e. The molecule has 0 heterocycles. The monoisotopic (exact) mass is 233 g/mol. The van der Waals surface area contributed by atoms with E-state index in [0.717, 1.165) is 24.8 Å². The summed E-state index contributed by atoms with van der Waals surface area (Å²) in [5.41, 5.74) is 3.93. The Labute approximate surface area is 104 Å². The average Bonchev–Trinajstić information content (AvgIpc) is 3.13. The molecule has 1 aliphatic carbocycles. The number of hydrogen-bond donors (Lipinski definition) is 1. The minimum atomic E-state index is 0.816. The van der Waals surface area contributed by atoms with Crippen molar-refractivity contribution < 1.29 is 4.74 Å². The molecule has 0 atom stereocenters. The molecule has 0 amide bonds. The third-order valence-electron chi connectivity index (χ3n) is 3.60. The van der Waals surface area contributed by atoms with Gasteiger partial charge in [0.15, 0.2) is 0 Å². The van der Waals surface area contributed by atoms with Gasteiger partial charge in [-0.1, -0.05) is 12.1 Å². The molecule has 0 radical (unpaired) electrons. The molecule has 1 aromatic rings. The van der Waals surface area contributed by atoms with Crippen LogP contribution in [0.25, 0.3) is 0 Å². The summed E-state index contributed by atoms with van der Waals surface area (Å²) in [6.45, 7) is 5.40. The van der Waals surface area contributed by atoms with Crippen molar-refractivity contribution in [1.29, 1.82) is 0 Å². The van der Waals surface area contributed by atoms with E-state index < -0.39 is 0 Å². The molecule has 1 N–H and O–H groups in total. The summed E-state index contributed by atoms with van der Waals surface area (Å²) < 4.78 is 5.53. The molecule has 17 heavy (non-hydrogen) atoms. The van der Waals surface area contributed by atoms with Crippen LogP contribution in [0.2, 0.25) is 0 Å². The second kappa shape index (κ2) is 5.54. The van der Waals surface area contributed by atoms with Gasteiger partial charge in [0, 0.05) is 6.04 Å². The molecule has 2 rings (SSSR count). The van der Waals surface area contributed by atoms with Crippen molar-refractivity contribution in [2.45, 2.75) is 45.6 Å². The summed E-state index contributed by atoms with van der Waals surface area (Å²) >= 11 is 0. The van der Waals surface area contributed by atoms with Crippen molar-refractivity contribution in [3.8, 4) is 5.75 Å². The summed E-state index contributed by atoms with van der Waals surface area (Å²) in [5, 5.41) is 3.55. The van der Waals surface area contributed by atoms with Crippen molar-refractivity contribution in [3.63, 3.8) is 0 Å². The Bertz CT molecular complexity index is 383. The van der Waals surface area contributed by atoms with Gasteiger partial charge >= 0.3 is 0 Å². The average molecular weight is 233 g/mol. The summed E-state index contributed by atoms with van der Waals surface area (Å²) in [6.07, 6.45) is 5.03. The van der Waals surface area contributed by atoms with E-state index >= 15 is 0 Å². The summed E-state index contributed by atoms with van der Waals surface area (Å²) in [6, 6.07) is 5.22. The van der Waals surface area contributed by atoms with Crippen molar-refractivity contribution >= 4 is 0 Å². The highest BCUT2D eigenvalue weighted by molar-refractivity contribution is 5.45. The maximum Gasteiger partial charge on any atom is 0.125 e. The van der Waals surface area contributed by atoms with E-state index in [9.17, 15) is 0 Å². The molecule has 1 aromatic carbocycles. The van der Waals surface area contributed by atoms with E-state index in [4.69, 9.17) is 4.74 Å². The molecule has 0 bridgehead atoms. The summed E-state index contributed by atoms with van der Waals surface area (Å²) in [5.74, 6) is 1.08. The quantitative estimate of drug-likeness (QED) is 0.763. The number of rotatable bonds is 6. The van der Waals surface area contributed by atoms with Crippen LogP contribution in [0.4, 0.5) is 0 Å². The molecule has 0 unspecified atom stereocenters. The normalized spacial score (nSPS) is 15.0. The Balaban J connectivity index is 1.91. The van der Waals surface area contributed by atoms with Gasteiger partial charge in [0.05, 0.1) is 7.11 Å². The predicted molar refractivity (Wildman–Crippen MR) is 71.8 cm³/mol. The zero-order valence-electron chi connectivity index (χ0n) is 11.2. The predicted octanol–water partition coefficient (Wildman–Crippen LogP) is 3.00. The van der Waals surface area contributed by atoms with E-state index in [1.807, 2.05) is 0 Å². The van der Waals surface area contributed by atoms with E-state index in [1.165, 1.54) is 36.0 Å². The first-order valence-electron chi connectivity index (χ1n) is 6.59. The van der Waals surface area contributed by atoms with E-state index in [1.54, 1.807) is 7.11 Å². The molecular formula is C15H23NO. The topological polar surface area (TPSA) is 21.3 Å². The molecule has 1 saturated carbocycles. The lowest BCUT2D eigenvalue weighted by molar-refractivity contribution is 0.405. The molecule has 2 heteroatoms. The molecule has 0 spiro atoms. The van der Waals surface area contributed by atoms with Gasteiger partial charge < -0.3 is 10.1 Å². The highest BCUT2D eigenvalue weighted by Crippen LogP contribution is 2.27. The van der Waals surface area contributed by atoms with Crippen LogP contribution in [-0.2, 0) is 6.42 Å². The molecule has 2 nitrogen and oxygen atoms in total. The van der Waals surface area contributed by atoms with Gasteiger partial charge in [-0.3, -0.25) is 0 Å². The number of methoxy groups -OCH3 is 1. The van der Waals surface area contributed by atoms with Crippen LogP contribution < -0.4 is 10.1 Å². The number of nitrogens with one attached hydrogen (secondary N) is 1. The highest BCUT2D eigenvalue weighted by atomic mass is 16.5. The molecular weight excluding hydrogens is 210 g/mol. The highest BCUT2D eigenvalue weighted by Gasteiger charge is 2.19. The number of benzene rings is 1. The standard InChI is InChI=1S/C15H23NO/c1-11-6-7-13(15(17-3)12(11)2)5-4-10-16-14-8-9-14/h6-7,14,16H,4-5,8-10H2,1-3H3. The van der Waals surface area contributed by atoms with Crippen molar-refractivity contribution in [3.05, 3.63) is 28.8 Å². The van der Waals surface area contributed by atoms with Crippen LogP contribution in [-0.4, -0.2) is 19.7 Å². The first kappa shape index (κ1) is 12.4. The van der Waals surface area contributed by atoms with Crippen molar-refractivity contribution in [2.24, 2.45) is 0 Å². The SMILES string of the molecule is COc1c(CCCNC2CC2)ccc(C)c1C. The van der Waals surface area contributed by atoms with Crippen LogP contribution in [0, 0.1) is 13.8 Å². The zero-order valence-corrected chi connectivity index (χ0v) is 11.2. The first-order valence-corrected chi connectivity index (χ1v) is 6.59. The fourth-order valence-corrected chi connectivity index (χ4v) is 2.20. The smallest absolute Gasteiger partial charge is 0.125 e. The Morgan fingerprint density at radius 2 is 2.06 bits per heavy atom. The van der Waals surface area contributed by atoms with Gasteiger partial charge in [-0.15, -0.1) is 0 Å². The lowest BCUT2D eigenvalue weighted by Gasteiger charge is -2.13. The Hall–Kier alpha value is -1.02. The third-order valence-corrected chi connectivity index (χ3v) is 3.60. The second-order valence-electron chi connectivity index (χ2n) is 5.03. The molecule has 1 aliphatic rings. The van der Waals surface area contributed by atoms with E-state index in [-0.39, 0.29) is 0 Å². The van der Waals surface area contributed by atoms with Gasteiger partial charge in [0.25, 0.3) is 0 Å². The van der Waals surface area contributed by atoms with E-state index in [0.29, 0.717) is 0 Å². The fraction of sp³-hybridized carbons (Fsp3) is 0.600. The Morgan fingerprint density at radius 3 is 2.71 bits per heavy atom. The van der Waals surface area contributed by atoms with Crippen LogP contribution in [0.3, 0.4) is 0 Å². The minimum absolute atomic E-state index is 0.816. The number of hydrogen-bond acceptors (Lipinski definition) is 2. The van der Waals surface area contributed by atoms with Crippen LogP contribution in [0.5, 0.6) is 5.75 Å². The maximum absolute atomic E-state index is 5.53. The van der Waals surface area contributed by atoms with Crippen LogP contribution in [0.15, 0.2) is 12.1 Å². The number of aryl methyl sites for hydroxylation is 2. The zero-order chi connectivity index (χ0) is 12.3. The second-order valence-corrected chi connectivity index (χ2v) is 5.03. The lowest BCUT2D eigenvalue weighted by Crippen LogP contribution is -2.18.